The number of sulfonamides is 1. The van der Waals surface area contributed by atoms with Gasteiger partial charge >= 0.3 is 0 Å². The summed E-state index contributed by atoms with van der Waals surface area (Å²) in [6, 6.07) is 2.10. The molecule has 1 aromatic rings. The number of nitrogens with one attached hydrogen (secondary N) is 1. The molecule has 0 atom stereocenters. The van der Waals surface area contributed by atoms with E-state index in [-0.39, 0.29) is 59.7 Å². The van der Waals surface area contributed by atoms with Gasteiger partial charge in [0.15, 0.2) is 0 Å². The van der Waals surface area contributed by atoms with Crippen LogP contribution in [0, 0.1) is 11.2 Å². The standard InChI is InChI=1S/C20H26Cl2FN3O5S/c1-2-32(29,30)26-5-3-20(4-6-26,19(28)25-7-9-31-10-8-25)13-24-18(27)14-11-17(23)16(22)12-15(14)21/h11-12H,2-10,13H2,1H3,(H,24,27). The zero-order valence-corrected chi connectivity index (χ0v) is 20.0. The summed E-state index contributed by atoms with van der Waals surface area (Å²) in [5.41, 5.74) is -1.07. The van der Waals surface area contributed by atoms with Crippen LogP contribution in [0.15, 0.2) is 12.1 Å². The van der Waals surface area contributed by atoms with Crippen molar-refractivity contribution >= 4 is 45.0 Å². The number of nitrogens with zero attached hydrogens (tertiary/aromatic N) is 2. The van der Waals surface area contributed by atoms with E-state index >= 15 is 0 Å². The molecule has 1 N–H and O–H groups in total. The minimum atomic E-state index is -3.38. The van der Waals surface area contributed by atoms with Gasteiger partial charge in [-0.1, -0.05) is 23.2 Å². The Balaban J connectivity index is 1.80. The number of piperidine rings is 1. The monoisotopic (exact) mass is 509 g/mol. The Labute approximate surface area is 197 Å². The van der Waals surface area contributed by atoms with Crippen LogP contribution in [0.3, 0.4) is 0 Å². The van der Waals surface area contributed by atoms with E-state index in [1.54, 1.807) is 11.8 Å². The summed E-state index contributed by atoms with van der Waals surface area (Å²) in [5.74, 6) is -1.58. The van der Waals surface area contributed by atoms with Gasteiger partial charge in [-0.3, -0.25) is 9.59 Å². The quantitative estimate of drug-likeness (QED) is 0.592. The summed E-state index contributed by atoms with van der Waals surface area (Å²) in [6.45, 7) is 3.61. The normalized spacial score (nSPS) is 19.6. The van der Waals surface area contributed by atoms with E-state index in [0.717, 1.165) is 12.1 Å². The Bertz CT molecular complexity index is 978. The minimum absolute atomic E-state index is 0.00804. The molecule has 2 fully saturated rings. The Kier molecular flexibility index (Phi) is 8.03. The Morgan fingerprint density at radius 1 is 1.12 bits per heavy atom. The molecule has 2 aliphatic rings. The predicted molar refractivity (Wildman–Crippen MR) is 119 cm³/mol. The highest BCUT2D eigenvalue weighted by atomic mass is 35.5. The van der Waals surface area contributed by atoms with Crippen molar-refractivity contribution < 1.29 is 27.1 Å². The molecule has 32 heavy (non-hydrogen) atoms. The van der Waals surface area contributed by atoms with Crippen molar-refractivity contribution in [2.75, 3.05) is 51.7 Å². The van der Waals surface area contributed by atoms with Gasteiger partial charge in [0.25, 0.3) is 5.91 Å². The predicted octanol–water partition coefficient (Wildman–Crippen LogP) is 2.15. The Hall–Kier alpha value is -1.46. The topological polar surface area (TPSA) is 96.0 Å². The van der Waals surface area contributed by atoms with Crippen LogP contribution in [0.2, 0.25) is 10.0 Å². The number of rotatable bonds is 6. The van der Waals surface area contributed by atoms with E-state index in [9.17, 15) is 22.4 Å². The lowest BCUT2D eigenvalue weighted by molar-refractivity contribution is -0.148. The number of benzene rings is 1. The van der Waals surface area contributed by atoms with E-state index < -0.39 is 27.2 Å². The van der Waals surface area contributed by atoms with Crippen molar-refractivity contribution in [3.8, 4) is 0 Å². The molecule has 0 spiro atoms. The summed E-state index contributed by atoms with van der Waals surface area (Å²) < 4.78 is 45.1. The first kappa shape index (κ1) is 25.2. The third-order valence-corrected chi connectivity index (χ3v) is 8.52. The van der Waals surface area contributed by atoms with Crippen LogP contribution < -0.4 is 5.32 Å². The molecule has 0 radical (unpaired) electrons. The summed E-state index contributed by atoms with van der Waals surface area (Å²) in [6.07, 6.45) is 0.511. The largest absolute Gasteiger partial charge is 0.378 e. The van der Waals surface area contributed by atoms with Gasteiger partial charge in [0.05, 0.1) is 40.0 Å². The van der Waals surface area contributed by atoms with Gasteiger partial charge in [-0.25, -0.2) is 17.1 Å². The van der Waals surface area contributed by atoms with Crippen LogP contribution >= 0.6 is 23.2 Å². The zero-order chi connectivity index (χ0) is 23.5. The lowest BCUT2D eigenvalue weighted by atomic mass is 9.77. The smallest absolute Gasteiger partial charge is 0.252 e. The molecule has 2 saturated heterocycles. The van der Waals surface area contributed by atoms with Gasteiger partial charge < -0.3 is 15.0 Å². The second-order valence-electron chi connectivity index (χ2n) is 7.91. The molecule has 1 aromatic carbocycles. The van der Waals surface area contributed by atoms with Crippen molar-refractivity contribution in [2.24, 2.45) is 5.41 Å². The highest BCUT2D eigenvalue weighted by Crippen LogP contribution is 2.35. The van der Waals surface area contributed by atoms with Crippen molar-refractivity contribution in [3.63, 3.8) is 0 Å². The molecule has 0 unspecified atom stereocenters. The maximum absolute atomic E-state index is 13.8. The molecule has 0 saturated carbocycles. The van der Waals surface area contributed by atoms with Crippen LogP contribution in [-0.4, -0.2) is 81.1 Å². The third-order valence-electron chi connectivity index (χ3n) is 6.03. The third kappa shape index (κ3) is 5.36. The summed E-state index contributed by atoms with van der Waals surface area (Å²) in [4.78, 5) is 27.9. The second-order valence-corrected chi connectivity index (χ2v) is 11.0. The van der Waals surface area contributed by atoms with E-state index in [0.29, 0.717) is 26.3 Å². The van der Waals surface area contributed by atoms with Crippen LogP contribution in [0.1, 0.15) is 30.1 Å². The van der Waals surface area contributed by atoms with Crippen LogP contribution in [0.25, 0.3) is 0 Å². The van der Waals surface area contributed by atoms with Gasteiger partial charge in [-0.05, 0) is 31.9 Å². The number of halogens is 3. The summed E-state index contributed by atoms with van der Waals surface area (Å²) in [5, 5.41) is 2.50. The van der Waals surface area contributed by atoms with E-state index in [1.165, 1.54) is 4.31 Å². The van der Waals surface area contributed by atoms with Crippen molar-refractivity contribution in [3.05, 3.63) is 33.6 Å². The number of hydrogen-bond acceptors (Lipinski definition) is 5. The van der Waals surface area contributed by atoms with Crippen molar-refractivity contribution in [1.82, 2.24) is 14.5 Å². The first-order chi connectivity index (χ1) is 15.1. The second kappa shape index (κ2) is 10.2. The fourth-order valence-corrected chi connectivity index (χ4v) is 5.56. The van der Waals surface area contributed by atoms with E-state index in [4.69, 9.17) is 27.9 Å². The number of morpholine rings is 1. The van der Waals surface area contributed by atoms with E-state index in [1.807, 2.05) is 0 Å². The lowest BCUT2D eigenvalue weighted by Gasteiger charge is -2.43. The van der Waals surface area contributed by atoms with Gasteiger partial charge in [0.1, 0.15) is 5.82 Å². The molecular formula is C20H26Cl2FN3O5S. The molecule has 178 valence electrons. The molecule has 2 aliphatic heterocycles. The molecule has 2 heterocycles. The maximum atomic E-state index is 13.8. The molecule has 3 rings (SSSR count). The minimum Gasteiger partial charge on any atom is -0.378 e. The lowest BCUT2D eigenvalue weighted by Crippen LogP contribution is -2.57. The number of hydrogen-bond donors (Lipinski definition) is 1. The molecule has 0 aromatic heterocycles. The van der Waals surface area contributed by atoms with Crippen LogP contribution in [-0.2, 0) is 19.6 Å². The molecular weight excluding hydrogens is 484 g/mol. The first-order valence-corrected chi connectivity index (χ1v) is 12.7. The zero-order valence-electron chi connectivity index (χ0n) is 17.7. The van der Waals surface area contributed by atoms with Crippen LogP contribution in [0.5, 0.6) is 0 Å². The highest BCUT2D eigenvalue weighted by Gasteiger charge is 2.45. The number of ether oxygens (including phenoxy) is 1. The molecule has 12 heteroatoms. The molecule has 0 aliphatic carbocycles. The fraction of sp³-hybridized carbons (Fsp3) is 0.600. The molecule has 0 bridgehead atoms. The maximum Gasteiger partial charge on any atom is 0.252 e. The number of amides is 2. The summed E-state index contributed by atoms with van der Waals surface area (Å²) in [7, 11) is -3.38. The Morgan fingerprint density at radius 2 is 1.75 bits per heavy atom. The van der Waals surface area contributed by atoms with E-state index in [2.05, 4.69) is 5.32 Å². The van der Waals surface area contributed by atoms with Gasteiger partial charge in [-0.2, -0.15) is 0 Å². The molecule has 2 amide bonds. The molecule has 8 nitrogen and oxygen atoms in total. The van der Waals surface area contributed by atoms with Crippen LogP contribution in [0.4, 0.5) is 4.39 Å². The summed E-state index contributed by atoms with van der Waals surface area (Å²) >= 11 is 11.7. The fourth-order valence-electron chi connectivity index (χ4n) is 3.98. The van der Waals surface area contributed by atoms with Gasteiger partial charge in [0.2, 0.25) is 15.9 Å². The van der Waals surface area contributed by atoms with Crippen molar-refractivity contribution in [1.29, 1.82) is 0 Å². The average molecular weight is 510 g/mol. The Morgan fingerprint density at radius 3 is 2.34 bits per heavy atom. The average Bonchev–Trinajstić information content (AvgIpc) is 2.80. The van der Waals surface area contributed by atoms with Gasteiger partial charge in [-0.15, -0.1) is 0 Å². The van der Waals surface area contributed by atoms with Crippen molar-refractivity contribution in [2.45, 2.75) is 19.8 Å². The first-order valence-electron chi connectivity index (χ1n) is 10.4. The number of carbonyl (C=O) groups excluding carboxylic acids is 2. The highest BCUT2D eigenvalue weighted by molar-refractivity contribution is 7.89. The number of carbonyl (C=O) groups is 2. The van der Waals surface area contributed by atoms with Gasteiger partial charge in [0, 0.05) is 32.7 Å². The SMILES string of the molecule is CCS(=O)(=O)N1CCC(CNC(=O)c2cc(F)c(Cl)cc2Cl)(C(=O)N2CCOCC2)CC1.